The molecule has 2 N–H and O–H groups in total. The molecule has 0 spiro atoms. The Bertz CT molecular complexity index is 558. The lowest BCUT2D eigenvalue weighted by atomic mass is 10.2. The van der Waals surface area contributed by atoms with E-state index < -0.39 is 5.91 Å². The van der Waals surface area contributed by atoms with E-state index in [4.69, 9.17) is 10.2 Å². The van der Waals surface area contributed by atoms with E-state index in [9.17, 15) is 4.79 Å². The molecule has 0 radical (unpaired) electrons. The number of nitrogens with two attached hydrogens (primary N) is 1. The van der Waals surface area contributed by atoms with E-state index in [2.05, 4.69) is 9.97 Å². The number of hydrogen-bond acceptors (Lipinski definition) is 4. The van der Waals surface area contributed by atoms with Crippen LogP contribution < -0.4 is 5.73 Å². The predicted octanol–water partition coefficient (Wildman–Crippen LogP) is 1.71. The molecule has 5 heteroatoms. The van der Waals surface area contributed by atoms with Gasteiger partial charge in [-0.15, -0.1) is 0 Å². The van der Waals surface area contributed by atoms with E-state index in [0.29, 0.717) is 17.6 Å². The minimum Gasteiger partial charge on any atom is -0.440 e. The minimum atomic E-state index is -0.563. The average molecular weight is 229 g/mol. The molecule has 0 unspecified atom stereocenters. The summed E-state index contributed by atoms with van der Waals surface area (Å²) in [6.07, 6.45) is 5.40. The van der Waals surface area contributed by atoms with Crippen molar-refractivity contribution in [2.24, 2.45) is 5.73 Å². The number of carbonyl (C=O) groups is 1. The molecule has 86 valence electrons. The topological polar surface area (TPSA) is 82.0 Å². The van der Waals surface area contributed by atoms with Crippen LogP contribution in [-0.2, 0) is 0 Å². The van der Waals surface area contributed by atoms with E-state index in [0.717, 1.165) is 18.4 Å². The van der Waals surface area contributed by atoms with E-state index in [1.165, 1.54) is 0 Å². The molecule has 1 aliphatic carbocycles. The maximum absolute atomic E-state index is 11.3. The van der Waals surface area contributed by atoms with Crippen LogP contribution in [-0.4, -0.2) is 15.9 Å². The average Bonchev–Trinajstić information content (AvgIpc) is 3.09. The van der Waals surface area contributed by atoms with Gasteiger partial charge in [0, 0.05) is 23.9 Å². The molecule has 5 nitrogen and oxygen atoms in total. The van der Waals surface area contributed by atoms with E-state index in [-0.39, 0.29) is 5.69 Å². The van der Waals surface area contributed by atoms with Crippen LogP contribution in [0.4, 0.5) is 0 Å². The third-order valence-electron chi connectivity index (χ3n) is 2.75. The highest BCUT2D eigenvalue weighted by Crippen LogP contribution is 2.41. The first kappa shape index (κ1) is 10.0. The van der Waals surface area contributed by atoms with Crippen molar-refractivity contribution in [3.63, 3.8) is 0 Å². The molecule has 1 fully saturated rings. The Morgan fingerprint density at radius 1 is 1.35 bits per heavy atom. The van der Waals surface area contributed by atoms with Crippen LogP contribution in [0.25, 0.3) is 11.3 Å². The van der Waals surface area contributed by atoms with E-state index in [1.54, 1.807) is 24.5 Å². The fraction of sp³-hybridized carbons (Fsp3) is 0.250. The van der Waals surface area contributed by atoms with Crippen molar-refractivity contribution in [2.75, 3.05) is 0 Å². The number of oxazole rings is 1. The maximum Gasteiger partial charge on any atom is 0.271 e. The molecule has 0 saturated heterocycles. The van der Waals surface area contributed by atoms with Crippen molar-refractivity contribution in [1.82, 2.24) is 9.97 Å². The molecule has 3 rings (SSSR count). The van der Waals surface area contributed by atoms with E-state index >= 15 is 0 Å². The Balaban J connectivity index is 2.10. The molecule has 2 aromatic rings. The lowest BCUT2D eigenvalue weighted by Crippen LogP contribution is -2.12. The van der Waals surface area contributed by atoms with Crippen molar-refractivity contribution < 1.29 is 9.21 Å². The van der Waals surface area contributed by atoms with E-state index in [1.807, 2.05) is 0 Å². The van der Waals surface area contributed by atoms with Crippen molar-refractivity contribution in [2.45, 2.75) is 18.8 Å². The number of carbonyl (C=O) groups excluding carboxylic acids is 1. The SMILES string of the molecule is NC(=O)c1nc(C2CC2)oc1-c1ccncc1. The van der Waals surface area contributed by atoms with Gasteiger partial charge in [0.25, 0.3) is 5.91 Å². The van der Waals surface area contributed by atoms with Crippen LogP contribution in [0.15, 0.2) is 28.9 Å². The second kappa shape index (κ2) is 3.69. The first-order chi connectivity index (χ1) is 8.25. The van der Waals surface area contributed by atoms with Gasteiger partial charge in [0.2, 0.25) is 0 Å². The molecule has 0 bridgehead atoms. The summed E-state index contributed by atoms with van der Waals surface area (Å²) in [7, 11) is 0. The second-order valence-corrected chi connectivity index (χ2v) is 4.10. The maximum atomic E-state index is 11.3. The summed E-state index contributed by atoms with van der Waals surface area (Å²) >= 11 is 0. The van der Waals surface area contributed by atoms with Gasteiger partial charge in [0.05, 0.1) is 0 Å². The van der Waals surface area contributed by atoms with Gasteiger partial charge in [0.15, 0.2) is 17.3 Å². The molecule has 2 aromatic heterocycles. The molecule has 0 aliphatic heterocycles. The second-order valence-electron chi connectivity index (χ2n) is 4.10. The zero-order valence-corrected chi connectivity index (χ0v) is 9.09. The van der Waals surface area contributed by atoms with Crippen molar-refractivity contribution in [1.29, 1.82) is 0 Å². The molecule has 0 atom stereocenters. The zero-order valence-electron chi connectivity index (χ0n) is 9.09. The lowest BCUT2D eigenvalue weighted by molar-refractivity contribution is 0.0996. The first-order valence-electron chi connectivity index (χ1n) is 5.46. The number of aromatic nitrogens is 2. The summed E-state index contributed by atoms with van der Waals surface area (Å²) in [6.45, 7) is 0. The number of primary amides is 1. The Morgan fingerprint density at radius 3 is 2.65 bits per heavy atom. The van der Waals surface area contributed by atoms with Gasteiger partial charge in [-0.1, -0.05) is 0 Å². The normalized spacial score (nSPS) is 14.8. The van der Waals surface area contributed by atoms with Gasteiger partial charge < -0.3 is 10.2 Å². The molecular weight excluding hydrogens is 218 g/mol. The quantitative estimate of drug-likeness (QED) is 0.868. The molecule has 0 aromatic carbocycles. The highest BCUT2D eigenvalue weighted by molar-refractivity contribution is 5.96. The Labute approximate surface area is 97.7 Å². The van der Waals surface area contributed by atoms with Crippen LogP contribution in [0.3, 0.4) is 0 Å². The Morgan fingerprint density at radius 2 is 2.06 bits per heavy atom. The number of nitrogens with zero attached hydrogens (tertiary/aromatic N) is 2. The summed E-state index contributed by atoms with van der Waals surface area (Å²) in [5.74, 6) is 0.851. The number of hydrogen-bond donors (Lipinski definition) is 1. The van der Waals surface area contributed by atoms with Crippen molar-refractivity contribution in [3.05, 3.63) is 36.1 Å². The molecule has 2 heterocycles. The largest absolute Gasteiger partial charge is 0.440 e. The van der Waals surface area contributed by atoms with Gasteiger partial charge >= 0.3 is 0 Å². The third-order valence-corrected chi connectivity index (χ3v) is 2.75. The Hall–Kier alpha value is -2.17. The van der Waals surface area contributed by atoms with Gasteiger partial charge in [-0.25, -0.2) is 4.98 Å². The highest BCUT2D eigenvalue weighted by Gasteiger charge is 2.31. The summed E-state index contributed by atoms with van der Waals surface area (Å²) < 4.78 is 5.65. The minimum absolute atomic E-state index is 0.207. The van der Waals surface area contributed by atoms with Crippen LogP contribution in [0, 0.1) is 0 Å². The van der Waals surface area contributed by atoms with Gasteiger partial charge in [-0.05, 0) is 25.0 Å². The number of pyridine rings is 1. The molecule has 1 saturated carbocycles. The van der Waals surface area contributed by atoms with Gasteiger partial charge in [-0.2, -0.15) is 0 Å². The zero-order chi connectivity index (χ0) is 11.8. The number of rotatable bonds is 3. The fourth-order valence-corrected chi connectivity index (χ4v) is 1.71. The summed E-state index contributed by atoms with van der Waals surface area (Å²) in [5, 5.41) is 0. The molecule has 1 aliphatic rings. The summed E-state index contributed by atoms with van der Waals surface area (Å²) in [4.78, 5) is 19.4. The monoisotopic (exact) mass is 229 g/mol. The third kappa shape index (κ3) is 1.80. The van der Waals surface area contributed by atoms with Crippen LogP contribution in [0.1, 0.15) is 35.1 Å². The number of amides is 1. The molecule has 17 heavy (non-hydrogen) atoms. The standard InChI is InChI=1S/C12H11N3O2/c13-11(16)9-10(7-3-5-14-6-4-7)17-12(15-9)8-1-2-8/h3-6,8H,1-2H2,(H2,13,16). The molecular formula is C12H11N3O2. The van der Waals surface area contributed by atoms with Gasteiger partial charge in [-0.3, -0.25) is 9.78 Å². The fourth-order valence-electron chi connectivity index (χ4n) is 1.71. The van der Waals surface area contributed by atoms with Crippen molar-refractivity contribution >= 4 is 5.91 Å². The highest BCUT2D eigenvalue weighted by atomic mass is 16.4. The van der Waals surface area contributed by atoms with Gasteiger partial charge in [0.1, 0.15) is 0 Å². The summed E-state index contributed by atoms with van der Waals surface area (Å²) in [5.41, 5.74) is 6.29. The smallest absolute Gasteiger partial charge is 0.271 e. The Kier molecular flexibility index (Phi) is 2.18. The van der Waals surface area contributed by atoms with Crippen LogP contribution in [0.5, 0.6) is 0 Å². The van der Waals surface area contributed by atoms with Crippen molar-refractivity contribution in [3.8, 4) is 11.3 Å². The van der Waals surface area contributed by atoms with Crippen LogP contribution >= 0.6 is 0 Å². The lowest BCUT2D eigenvalue weighted by Gasteiger charge is -1.96. The first-order valence-corrected chi connectivity index (χ1v) is 5.46. The predicted molar refractivity (Wildman–Crippen MR) is 60.2 cm³/mol. The summed E-state index contributed by atoms with van der Waals surface area (Å²) in [6, 6.07) is 3.53. The van der Waals surface area contributed by atoms with Crippen LogP contribution in [0.2, 0.25) is 0 Å². The molecule has 1 amide bonds.